The van der Waals surface area contributed by atoms with Crippen LogP contribution in [0.3, 0.4) is 0 Å². The van der Waals surface area contributed by atoms with Crippen molar-refractivity contribution in [3.63, 3.8) is 0 Å². The van der Waals surface area contributed by atoms with Crippen molar-refractivity contribution in [1.29, 1.82) is 0 Å². The summed E-state index contributed by atoms with van der Waals surface area (Å²) in [5.74, 6) is 0.543. The summed E-state index contributed by atoms with van der Waals surface area (Å²) in [4.78, 5) is 2.36. The number of likely N-dealkylation sites (tertiary alicyclic amines) is 1. The van der Waals surface area contributed by atoms with Gasteiger partial charge >= 0.3 is 0 Å². The van der Waals surface area contributed by atoms with E-state index in [-0.39, 0.29) is 4.87 Å². The van der Waals surface area contributed by atoms with E-state index in [9.17, 15) is 4.21 Å². The van der Waals surface area contributed by atoms with Crippen molar-refractivity contribution in [2.75, 3.05) is 26.2 Å². The van der Waals surface area contributed by atoms with Gasteiger partial charge in [0.25, 0.3) is 0 Å². The Bertz CT molecular complexity index is 324. The Hall–Kier alpha value is -0.190. The molecule has 0 aromatic rings. The van der Waals surface area contributed by atoms with E-state index in [4.69, 9.17) is 0 Å². The van der Waals surface area contributed by atoms with Gasteiger partial charge in [-0.1, -0.05) is 19.4 Å². The van der Waals surface area contributed by atoms with E-state index in [1.54, 1.807) is 0 Å². The lowest BCUT2D eigenvalue weighted by atomic mass is 9.89. The molecule has 2 atom stereocenters. The van der Waals surface area contributed by atoms with Gasteiger partial charge in [0.15, 0.2) is 0 Å². The van der Waals surface area contributed by atoms with Crippen LogP contribution in [0.5, 0.6) is 0 Å². The number of hydrogen-bond donors (Lipinski definition) is 1. The standard InChI is InChI=1S/C14H26N2OS/c1-3-4-9-16-10-6-13(7-11-16)14(2)15-8-5-12-18(14)17/h5,12-13,15H,3-4,6-11H2,1-2H3. The van der Waals surface area contributed by atoms with Crippen molar-refractivity contribution in [2.45, 2.75) is 44.4 Å². The van der Waals surface area contributed by atoms with Crippen LogP contribution in [0.4, 0.5) is 0 Å². The quantitative estimate of drug-likeness (QED) is 0.849. The number of piperidine rings is 1. The number of unbranched alkanes of at least 4 members (excludes halogenated alkanes) is 1. The number of rotatable bonds is 4. The maximum Gasteiger partial charge on any atom is 0.0990 e. The Morgan fingerprint density at radius 3 is 2.78 bits per heavy atom. The van der Waals surface area contributed by atoms with E-state index in [0.717, 1.165) is 6.54 Å². The Labute approximate surface area is 113 Å². The second kappa shape index (κ2) is 6.31. The zero-order valence-corrected chi connectivity index (χ0v) is 12.5. The molecule has 0 aromatic carbocycles. The maximum atomic E-state index is 12.2. The SMILES string of the molecule is CCCCN1CCC(C2(C)NCC=CS2=O)CC1. The van der Waals surface area contributed by atoms with Crippen LogP contribution in [0.1, 0.15) is 39.5 Å². The molecule has 0 saturated carbocycles. The summed E-state index contributed by atoms with van der Waals surface area (Å²) in [6, 6.07) is 0. The van der Waals surface area contributed by atoms with E-state index in [1.807, 2.05) is 11.5 Å². The highest BCUT2D eigenvalue weighted by Crippen LogP contribution is 2.32. The van der Waals surface area contributed by atoms with Gasteiger partial charge in [-0.3, -0.25) is 9.53 Å². The summed E-state index contributed by atoms with van der Waals surface area (Å²) in [6.07, 6.45) is 6.90. The Morgan fingerprint density at radius 2 is 2.17 bits per heavy atom. The monoisotopic (exact) mass is 270 g/mol. The number of hydrogen-bond acceptors (Lipinski definition) is 3. The molecule has 0 aromatic heterocycles. The minimum Gasteiger partial charge on any atom is -0.303 e. The molecule has 1 N–H and O–H groups in total. The molecule has 1 fully saturated rings. The third-order valence-electron chi connectivity index (χ3n) is 4.40. The van der Waals surface area contributed by atoms with Crippen LogP contribution in [0.2, 0.25) is 0 Å². The van der Waals surface area contributed by atoms with E-state index in [2.05, 4.69) is 24.1 Å². The maximum absolute atomic E-state index is 12.2. The van der Waals surface area contributed by atoms with Gasteiger partial charge in [-0.25, -0.2) is 0 Å². The fraction of sp³-hybridized carbons (Fsp3) is 0.857. The lowest BCUT2D eigenvalue weighted by molar-refractivity contribution is 0.151. The molecule has 3 nitrogen and oxygen atoms in total. The van der Waals surface area contributed by atoms with Gasteiger partial charge in [0.2, 0.25) is 0 Å². The largest absolute Gasteiger partial charge is 0.303 e. The van der Waals surface area contributed by atoms with Gasteiger partial charge < -0.3 is 4.90 Å². The highest BCUT2D eigenvalue weighted by atomic mass is 32.2. The second-order valence-electron chi connectivity index (χ2n) is 5.63. The summed E-state index contributed by atoms with van der Waals surface area (Å²) in [7, 11) is -0.868. The Morgan fingerprint density at radius 1 is 1.44 bits per heavy atom. The molecular weight excluding hydrogens is 244 g/mol. The van der Waals surface area contributed by atoms with Crippen molar-refractivity contribution in [1.82, 2.24) is 10.2 Å². The van der Waals surface area contributed by atoms with Gasteiger partial charge in [0.1, 0.15) is 0 Å². The van der Waals surface area contributed by atoms with E-state index < -0.39 is 10.8 Å². The molecular formula is C14H26N2OS. The first kappa shape index (κ1) is 14.2. The smallest absolute Gasteiger partial charge is 0.0990 e. The number of nitrogens with zero attached hydrogens (tertiary/aromatic N) is 1. The topological polar surface area (TPSA) is 32.3 Å². The van der Waals surface area contributed by atoms with Crippen molar-refractivity contribution in [3.8, 4) is 0 Å². The summed E-state index contributed by atoms with van der Waals surface area (Å²) in [5, 5.41) is 5.34. The molecule has 2 heterocycles. The van der Waals surface area contributed by atoms with Gasteiger partial charge in [-0.05, 0) is 51.7 Å². The fourth-order valence-corrected chi connectivity index (χ4v) is 4.35. The predicted molar refractivity (Wildman–Crippen MR) is 77.8 cm³/mol. The zero-order valence-electron chi connectivity index (χ0n) is 11.7. The minimum absolute atomic E-state index is 0.203. The summed E-state index contributed by atoms with van der Waals surface area (Å²) in [6.45, 7) is 8.81. The third kappa shape index (κ3) is 3.03. The van der Waals surface area contributed by atoms with E-state index in [1.165, 1.54) is 45.3 Å². The van der Waals surface area contributed by atoms with Crippen molar-refractivity contribution < 1.29 is 4.21 Å². The van der Waals surface area contributed by atoms with Crippen LogP contribution >= 0.6 is 0 Å². The van der Waals surface area contributed by atoms with Crippen LogP contribution in [0.15, 0.2) is 11.5 Å². The molecule has 0 amide bonds. The highest BCUT2D eigenvalue weighted by Gasteiger charge is 2.40. The molecule has 0 spiro atoms. The highest BCUT2D eigenvalue weighted by molar-refractivity contribution is 7.89. The fourth-order valence-electron chi connectivity index (χ4n) is 3.01. The molecule has 0 aliphatic carbocycles. The minimum atomic E-state index is -0.868. The average Bonchev–Trinajstić information content (AvgIpc) is 2.40. The van der Waals surface area contributed by atoms with E-state index >= 15 is 0 Å². The lowest BCUT2D eigenvalue weighted by Gasteiger charge is -2.43. The predicted octanol–water partition coefficient (Wildman–Crippen LogP) is 2.08. The summed E-state index contributed by atoms with van der Waals surface area (Å²) in [5.41, 5.74) is 0. The molecule has 104 valence electrons. The van der Waals surface area contributed by atoms with Crippen molar-refractivity contribution in [3.05, 3.63) is 11.5 Å². The van der Waals surface area contributed by atoms with E-state index in [0.29, 0.717) is 5.92 Å². The first-order valence-corrected chi connectivity index (χ1v) is 8.43. The van der Waals surface area contributed by atoms with Crippen LogP contribution in [-0.2, 0) is 10.8 Å². The average molecular weight is 270 g/mol. The van der Waals surface area contributed by atoms with Gasteiger partial charge in [0, 0.05) is 12.0 Å². The van der Waals surface area contributed by atoms with Crippen LogP contribution < -0.4 is 5.32 Å². The van der Waals surface area contributed by atoms with Crippen molar-refractivity contribution in [2.24, 2.45) is 5.92 Å². The molecule has 0 bridgehead atoms. The molecule has 18 heavy (non-hydrogen) atoms. The molecule has 1 saturated heterocycles. The normalized spacial score (nSPS) is 34.9. The third-order valence-corrected chi connectivity index (χ3v) is 6.16. The second-order valence-corrected chi connectivity index (χ2v) is 7.34. The molecule has 2 aliphatic heterocycles. The molecule has 2 rings (SSSR count). The molecule has 2 unspecified atom stereocenters. The summed E-state index contributed by atoms with van der Waals surface area (Å²) < 4.78 is 12.2. The van der Waals surface area contributed by atoms with Crippen molar-refractivity contribution >= 4 is 10.8 Å². The van der Waals surface area contributed by atoms with Crippen LogP contribution in [0.25, 0.3) is 0 Å². The molecule has 0 radical (unpaired) electrons. The molecule has 4 heteroatoms. The Kier molecular flexibility index (Phi) is 4.98. The van der Waals surface area contributed by atoms with Gasteiger partial charge in [-0.2, -0.15) is 0 Å². The van der Waals surface area contributed by atoms with Gasteiger partial charge in [-0.15, -0.1) is 0 Å². The zero-order chi connectivity index (χ0) is 13.0. The van der Waals surface area contributed by atoms with Crippen LogP contribution in [-0.4, -0.2) is 40.2 Å². The van der Waals surface area contributed by atoms with Crippen LogP contribution in [0, 0.1) is 5.92 Å². The Balaban J connectivity index is 1.89. The van der Waals surface area contributed by atoms with Gasteiger partial charge in [0.05, 0.1) is 15.7 Å². The summed E-state index contributed by atoms with van der Waals surface area (Å²) >= 11 is 0. The first-order chi connectivity index (χ1) is 8.66. The number of nitrogens with one attached hydrogen (secondary N) is 1. The first-order valence-electron chi connectivity index (χ1n) is 7.21. The molecule has 2 aliphatic rings. The lowest BCUT2D eigenvalue weighted by Crippen LogP contribution is -2.56.